The van der Waals surface area contributed by atoms with Gasteiger partial charge in [-0.1, -0.05) is 42.5 Å². The van der Waals surface area contributed by atoms with Crippen molar-refractivity contribution in [3.63, 3.8) is 0 Å². The van der Waals surface area contributed by atoms with E-state index in [1.54, 1.807) is 24.3 Å². The number of sulfone groups is 1. The molecule has 0 saturated carbocycles. The summed E-state index contributed by atoms with van der Waals surface area (Å²) in [6, 6.07) is 17.0. The molecule has 2 aromatic carbocycles. The summed E-state index contributed by atoms with van der Waals surface area (Å²) in [4.78, 5) is 14.7. The quantitative estimate of drug-likeness (QED) is 0.871. The summed E-state index contributed by atoms with van der Waals surface area (Å²) in [5.41, 5.74) is 8.42. The van der Waals surface area contributed by atoms with Gasteiger partial charge in [0.05, 0.1) is 5.75 Å². The van der Waals surface area contributed by atoms with Gasteiger partial charge in [0.2, 0.25) is 0 Å². The van der Waals surface area contributed by atoms with Gasteiger partial charge in [0.25, 0.3) is 5.91 Å². The van der Waals surface area contributed by atoms with E-state index in [1.807, 2.05) is 23.1 Å². The first-order valence-electron chi connectivity index (χ1n) is 8.68. The second-order valence-corrected chi connectivity index (χ2v) is 9.13. The number of benzene rings is 2. The van der Waals surface area contributed by atoms with Crippen LogP contribution in [-0.4, -0.2) is 45.1 Å². The fraction of sp³-hybridized carbons (Fsp3) is 0.350. The molecule has 1 saturated heterocycles. The molecule has 5 nitrogen and oxygen atoms in total. The zero-order chi connectivity index (χ0) is 18.7. The largest absolute Gasteiger partial charge is 0.338 e. The SMILES string of the molecule is CS(=O)(=O)Cc1ccc(C(=O)N2C[C@@H](CN)[C@H](c3ccccc3)C2)cc1. The molecule has 1 fully saturated rings. The van der Waals surface area contributed by atoms with Gasteiger partial charge in [-0.3, -0.25) is 4.79 Å². The first-order valence-corrected chi connectivity index (χ1v) is 10.7. The van der Waals surface area contributed by atoms with Crippen molar-refractivity contribution < 1.29 is 13.2 Å². The Bertz CT molecular complexity index is 864. The maximum Gasteiger partial charge on any atom is 0.253 e. The minimum absolute atomic E-state index is 0.0173. The molecule has 0 aromatic heterocycles. The molecular formula is C20H24N2O3S. The van der Waals surface area contributed by atoms with Crippen LogP contribution in [0.15, 0.2) is 54.6 Å². The van der Waals surface area contributed by atoms with Gasteiger partial charge < -0.3 is 10.6 Å². The predicted octanol–water partition coefficient (Wildman–Crippen LogP) is 2.05. The highest BCUT2D eigenvalue weighted by molar-refractivity contribution is 7.89. The molecule has 2 N–H and O–H groups in total. The number of nitrogens with zero attached hydrogens (tertiary/aromatic N) is 1. The van der Waals surface area contributed by atoms with Crippen molar-refractivity contribution in [3.8, 4) is 0 Å². The Kier molecular flexibility index (Phi) is 5.44. The minimum atomic E-state index is -3.08. The summed E-state index contributed by atoms with van der Waals surface area (Å²) in [6.07, 6.45) is 1.20. The average Bonchev–Trinajstić information content (AvgIpc) is 3.05. The zero-order valence-electron chi connectivity index (χ0n) is 14.8. The summed E-state index contributed by atoms with van der Waals surface area (Å²) < 4.78 is 22.8. The Morgan fingerprint density at radius 3 is 2.31 bits per heavy atom. The molecule has 2 aromatic rings. The molecule has 0 unspecified atom stereocenters. The summed E-state index contributed by atoms with van der Waals surface area (Å²) in [6.45, 7) is 1.83. The van der Waals surface area contributed by atoms with Gasteiger partial charge in [-0.25, -0.2) is 8.42 Å². The predicted molar refractivity (Wildman–Crippen MR) is 103 cm³/mol. The molecule has 1 aliphatic heterocycles. The molecule has 26 heavy (non-hydrogen) atoms. The van der Waals surface area contributed by atoms with Crippen LogP contribution in [0.4, 0.5) is 0 Å². The topological polar surface area (TPSA) is 80.5 Å². The van der Waals surface area contributed by atoms with Gasteiger partial charge in [-0.05, 0) is 35.7 Å². The van der Waals surface area contributed by atoms with E-state index in [-0.39, 0.29) is 23.5 Å². The van der Waals surface area contributed by atoms with E-state index in [0.717, 1.165) is 0 Å². The summed E-state index contributed by atoms with van der Waals surface area (Å²) >= 11 is 0. The molecule has 138 valence electrons. The third-order valence-electron chi connectivity index (χ3n) is 4.89. The van der Waals surface area contributed by atoms with Crippen molar-refractivity contribution in [2.45, 2.75) is 11.7 Å². The van der Waals surface area contributed by atoms with Crippen molar-refractivity contribution in [1.29, 1.82) is 0 Å². The maximum absolute atomic E-state index is 12.8. The fourth-order valence-corrected chi connectivity index (χ4v) is 4.38. The molecule has 6 heteroatoms. The lowest BCUT2D eigenvalue weighted by molar-refractivity contribution is 0.0786. The number of amides is 1. The Morgan fingerprint density at radius 2 is 1.73 bits per heavy atom. The number of nitrogens with two attached hydrogens (primary N) is 1. The van der Waals surface area contributed by atoms with E-state index < -0.39 is 9.84 Å². The van der Waals surface area contributed by atoms with Crippen molar-refractivity contribution >= 4 is 15.7 Å². The molecule has 2 atom stereocenters. The molecule has 1 amide bonds. The summed E-state index contributed by atoms with van der Waals surface area (Å²) in [5.74, 6) is 0.435. The van der Waals surface area contributed by atoms with Crippen LogP contribution in [0.25, 0.3) is 0 Å². The first kappa shape index (κ1) is 18.6. The fourth-order valence-electron chi connectivity index (χ4n) is 3.58. The van der Waals surface area contributed by atoms with Crippen LogP contribution in [0.3, 0.4) is 0 Å². The number of carbonyl (C=O) groups is 1. The third kappa shape index (κ3) is 4.31. The van der Waals surface area contributed by atoms with Crippen LogP contribution in [0.1, 0.15) is 27.4 Å². The van der Waals surface area contributed by atoms with E-state index in [2.05, 4.69) is 12.1 Å². The Labute approximate surface area is 154 Å². The van der Waals surface area contributed by atoms with E-state index in [1.165, 1.54) is 11.8 Å². The maximum atomic E-state index is 12.8. The molecule has 0 radical (unpaired) electrons. The molecule has 3 rings (SSSR count). The second-order valence-electron chi connectivity index (χ2n) is 6.99. The number of hydrogen-bond acceptors (Lipinski definition) is 4. The zero-order valence-corrected chi connectivity index (χ0v) is 15.7. The highest BCUT2D eigenvalue weighted by atomic mass is 32.2. The second kappa shape index (κ2) is 7.60. The smallest absolute Gasteiger partial charge is 0.253 e. The van der Waals surface area contributed by atoms with Gasteiger partial charge in [0, 0.05) is 30.8 Å². The lowest BCUT2D eigenvalue weighted by Gasteiger charge is -2.17. The number of likely N-dealkylation sites (tertiary alicyclic amines) is 1. The van der Waals surface area contributed by atoms with Crippen LogP contribution in [-0.2, 0) is 15.6 Å². The van der Waals surface area contributed by atoms with E-state index in [0.29, 0.717) is 30.8 Å². The van der Waals surface area contributed by atoms with Crippen molar-refractivity contribution in [2.24, 2.45) is 11.7 Å². The van der Waals surface area contributed by atoms with Crippen LogP contribution >= 0.6 is 0 Å². The number of hydrogen-bond donors (Lipinski definition) is 1. The minimum Gasteiger partial charge on any atom is -0.338 e. The Hall–Kier alpha value is -2.18. The number of carbonyl (C=O) groups excluding carboxylic acids is 1. The highest BCUT2D eigenvalue weighted by Gasteiger charge is 2.35. The third-order valence-corrected chi connectivity index (χ3v) is 5.75. The van der Waals surface area contributed by atoms with E-state index in [9.17, 15) is 13.2 Å². The van der Waals surface area contributed by atoms with Crippen LogP contribution in [0.5, 0.6) is 0 Å². The highest BCUT2D eigenvalue weighted by Crippen LogP contribution is 2.32. The van der Waals surface area contributed by atoms with Gasteiger partial charge in [-0.2, -0.15) is 0 Å². The van der Waals surface area contributed by atoms with Crippen molar-refractivity contribution in [2.75, 3.05) is 25.9 Å². The van der Waals surface area contributed by atoms with Gasteiger partial charge in [0.1, 0.15) is 0 Å². The monoisotopic (exact) mass is 372 g/mol. The normalized spacial score (nSPS) is 20.3. The van der Waals surface area contributed by atoms with E-state index >= 15 is 0 Å². The van der Waals surface area contributed by atoms with Gasteiger partial charge in [0.15, 0.2) is 9.84 Å². The van der Waals surface area contributed by atoms with Crippen molar-refractivity contribution in [3.05, 3.63) is 71.3 Å². The van der Waals surface area contributed by atoms with Crippen molar-refractivity contribution in [1.82, 2.24) is 4.90 Å². The molecular weight excluding hydrogens is 348 g/mol. The number of rotatable bonds is 5. The molecule has 1 heterocycles. The lowest BCUT2D eigenvalue weighted by atomic mass is 9.89. The first-order chi connectivity index (χ1) is 12.4. The molecule has 1 aliphatic rings. The van der Waals surface area contributed by atoms with Crippen LogP contribution < -0.4 is 5.73 Å². The Morgan fingerprint density at radius 1 is 1.08 bits per heavy atom. The van der Waals surface area contributed by atoms with Gasteiger partial charge in [-0.15, -0.1) is 0 Å². The molecule has 0 aliphatic carbocycles. The molecule has 0 spiro atoms. The lowest BCUT2D eigenvalue weighted by Crippen LogP contribution is -2.29. The van der Waals surface area contributed by atoms with Gasteiger partial charge >= 0.3 is 0 Å². The standard InChI is InChI=1S/C20H24N2O3S/c1-26(24,25)14-15-7-9-17(10-8-15)20(23)22-12-18(11-21)19(13-22)16-5-3-2-4-6-16/h2-10,18-19H,11-14,21H2,1H3/t18-,19+/m1/s1. The summed E-state index contributed by atoms with van der Waals surface area (Å²) in [5, 5.41) is 0. The van der Waals surface area contributed by atoms with Crippen LogP contribution in [0.2, 0.25) is 0 Å². The average molecular weight is 372 g/mol. The van der Waals surface area contributed by atoms with E-state index in [4.69, 9.17) is 5.73 Å². The summed E-state index contributed by atoms with van der Waals surface area (Å²) in [7, 11) is -3.08. The Balaban J connectivity index is 1.74. The van der Waals surface area contributed by atoms with Crippen LogP contribution in [0, 0.1) is 5.92 Å². The molecule has 0 bridgehead atoms.